The van der Waals surface area contributed by atoms with Crippen molar-refractivity contribution < 1.29 is 9.47 Å². The maximum Gasteiger partial charge on any atom is 0.131 e. The summed E-state index contributed by atoms with van der Waals surface area (Å²) in [4.78, 5) is 0.274. The molecule has 0 fully saturated rings. The maximum absolute atomic E-state index is 5.95. The van der Waals surface area contributed by atoms with Crippen LogP contribution in [0.5, 0.6) is 11.5 Å². The fourth-order valence-corrected chi connectivity index (χ4v) is 2.26. The molecule has 0 amide bonds. The van der Waals surface area contributed by atoms with Crippen LogP contribution in [0.2, 0.25) is 5.02 Å². The molecule has 0 aromatic heterocycles. The Balaban J connectivity index is 1.90. The molecule has 3 nitrogen and oxygen atoms in total. The Kier molecular flexibility index (Phi) is 5.85. The Morgan fingerprint density at radius 3 is 2.43 bits per heavy atom. The van der Waals surface area contributed by atoms with E-state index in [0.29, 0.717) is 29.5 Å². The molecule has 0 aliphatic rings. The van der Waals surface area contributed by atoms with E-state index in [-0.39, 0.29) is 4.99 Å². The molecule has 0 heterocycles. The van der Waals surface area contributed by atoms with E-state index in [1.54, 1.807) is 18.2 Å². The molecule has 2 rings (SSSR count). The molecule has 0 radical (unpaired) electrons. The minimum Gasteiger partial charge on any atom is -0.490 e. The number of nitrogens with two attached hydrogens (primary N) is 1. The molecule has 0 saturated carbocycles. The number of rotatable bonds is 6. The van der Waals surface area contributed by atoms with E-state index in [1.165, 1.54) is 0 Å². The molecule has 0 aliphatic carbocycles. The Hall–Kier alpha value is -1.30. The highest BCUT2D eigenvalue weighted by molar-refractivity contribution is 9.10. The molecular weight excluding hydrogens is 374 g/mol. The molecular formula is C15H13BrClNO2S. The van der Waals surface area contributed by atoms with Crippen LogP contribution in [-0.4, -0.2) is 18.2 Å². The minimum atomic E-state index is 0.274. The first-order chi connectivity index (χ1) is 10.1. The van der Waals surface area contributed by atoms with Crippen LogP contribution in [0, 0.1) is 0 Å². The van der Waals surface area contributed by atoms with Crippen molar-refractivity contribution in [3.05, 3.63) is 57.5 Å². The summed E-state index contributed by atoms with van der Waals surface area (Å²) in [5, 5.41) is 0.568. The zero-order chi connectivity index (χ0) is 15.2. The zero-order valence-electron chi connectivity index (χ0n) is 11.0. The molecule has 2 aromatic carbocycles. The average Bonchev–Trinajstić information content (AvgIpc) is 2.45. The lowest BCUT2D eigenvalue weighted by Crippen LogP contribution is -2.14. The van der Waals surface area contributed by atoms with Crippen molar-refractivity contribution in [3.63, 3.8) is 0 Å². The van der Waals surface area contributed by atoms with Gasteiger partial charge in [0.15, 0.2) is 0 Å². The smallest absolute Gasteiger partial charge is 0.131 e. The van der Waals surface area contributed by atoms with Gasteiger partial charge in [-0.3, -0.25) is 0 Å². The van der Waals surface area contributed by atoms with Crippen LogP contribution in [0.25, 0.3) is 0 Å². The number of hydrogen-bond donors (Lipinski definition) is 1. The summed E-state index contributed by atoms with van der Waals surface area (Å²) in [6, 6.07) is 12.7. The van der Waals surface area contributed by atoms with E-state index in [9.17, 15) is 0 Å². The van der Waals surface area contributed by atoms with Gasteiger partial charge in [-0.2, -0.15) is 0 Å². The Bertz CT molecular complexity index is 634. The van der Waals surface area contributed by atoms with E-state index in [0.717, 1.165) is 10.2 Å². The number of ether oxygens (including phenoxy) is 2. The Labute approximate surface area is 142 Å². The first-order valence-corrected chi connectivity index (χ1v) is 7.74. The molecule has 2 aromatic rings. The van der Waals surface area contributed by atoms with Gasteiger partial charge in [0.2, 0.25) is 0 Å². The van der Waals surface area contributed by atoms with Gasteiger partial charge in [0, 0.05) is 9.50 Å². The second-order valence-electron chi connectivity index (χ2n) is 4.16. The zero-order valence-corrected chi connectivity index (χ0v) is 14.2. The van der Waals surface area contributed by atoms with E-state index in [4.69, 9.17) is 39.0 Å². The van der Waals surface area contributed by atoms with Crippen molar-refractivity contribution in [3.8, 4) is 11.5 Å². The predicted octanol–water partition coefficient (Wildman–Crippen LogP) is 4.19. The van der Waals surface area contributed by atoms with E-state index in [2.05, 4.69) is 15.9 Å². The van der Waals surface area contributed by atoms with Crippen molar-refractivity contribution >= 4 is 44.7 Å². The van der Waals surface area contributed by atoms with Crippen molar-refractivity contribution in [2.75, 3.05) is 13.2 Å². The van der Waals surface area contributed by atoms with Gasteiger partial charge in [-0.05, 0) is 42.5 Å². The summed E-state index contributed by atoms with van der Waals surface area (Å²) in [5.74, 6) is 1.34. The standard InChI is InChI=1S/C15H13BrClNO2S/c16-10-1-4-12(5-2-10)19-7-8-20-14-9-11(17)3-6-13(14)15(18)21/h1-6,9H,7-8H2,(H2,18,21). The van der Waals surface area contributed by atoms with Crippen LogP contribution < -0.4 is 15.2 Å². The second kappa shape index (κ2) is 7.64. The summed E-state index contributed by atoms with van der Waals surface area (Å²) in [6.45, 7) is 0.775. The topological polar surface area (TPSA) is 44.5 Å². The van der Waals surface area contributed by atoms with Gasteiger partial charge in [0.05, 0.1) is 5.56 Å². The first kappa shape index (κ1) is 16.1. The fourth-order valence-electron chi connectivity index (χ4n) is 1.66. The SMILES string of the molecule is NC(=S)c1ccc(Cl)cc1OCCOc1ccc(Br)cc1. The highest BCUT2D eigenvalue weighted by Gasteiger charge is 2.07. The highest BCUT2D eigenvalue weighted by Crippen LogP contribution is 2.23. The van der Waals surface area contributed by atoms with E-state index >= 15 is 0 Å². The van der Waals surface area contributed by atoms with Gasteiger partial charge in [0.1, 0.15) is 29.7 Å². The molecule has 2 N–H and O–H groups in total. The van der Waals surface area contributed by atoms with E-state index in [1.807, 2.05) is 24.3 Å². The summed E-state index contributed by atoms with van der Waals surface area (Å²) in [7, 11) is 0. The third kappa shape index (κ3) is 4.88. The molecule has 0 aliphatic heterocycles. The van der Waals surface area contributed by atoms with Gasteiger partial charge >= 0.3 is 0 Å². The molecule has 0 saturated heterocycles. The lowest BCUT2D eigenvalue weighted by Gasteiger charge is -2.12. The Morgan fingerprint density at radius 1 is 1.10 bits per heavy atom. The summed E-state index contributed by atoms with van der Waals surface area (Å²) >= 11 is 14.3. The van der Waals surface area contributed by atoms with Crippen molar-refractivity contribution in [1.82, 2.24) is 0 Å². The van der Waals surface area contributed by atoms with Gasteiger partial charge in [-0.15, -0.1) is 0 Å². The number of thiocarbonyl (C=S) groups is 1. The summed E-state index contributed by atoms with van der Waals surface area (Å²) < 4.78 is 12.2. The quantitative estimate of drug-likeness (QED) is 0.597. The molecule has 0 unspecified atom stereocenters. The van der Waals surface area contributed by atoms with Crippen LogP contribution >= 0.6 is 39.7 Å². The van der Waals surface area contributed by atoms with Crippen molar-refractivity contribution in [2.45, 2.75) is 0 Å². The van der Waals surface area contributed by atoms with Gasteiger partial charge in [-0.25, -0.2) is 0 Å². The van der Waals surface area contributed by atoms with Crippen LogP contribution in [-0.2, 0) is 0 Å². The van der Waals surface area contributed by atoms with E-state index < -0.39 is 0 Å². The average molecular weight is 387 g/mol. The molecule has 110 valence electrons. The minimum absolute atomic E-state index is 0.274. The summed E-state index contributed by atoms with van der Waals surface area (Å²) in [5.41, 5.74) is 6.31. The van der Waals surface area contributed by atoms with Crippen molar-refractivity contribution in [1.29, 1.82) is 0 Å². The van der Waals surface area contributed by atoms with Crippen LogP contribution in [0.4, 0.5) is 0 Å². The summed E-state index contributed by atoms with van der Waals surface area (Å²) in [6.07, 6.45) is 0. The van der Waals surface area contributed by atoms with Crippen LogP contribution in [0.1, 0.15) is 5.56 Å². The third-order valence-corrected chi connectivity index (χ3v) is 3.62. The molecule has 0 bridgehead atoms. The third-order valence-electron chi connectivity index (χ3n) is 2.63. The number of hydrogen-bond acceptors (Lipinski definition) is 3. The molecule has 0 spiro atoms. The molecule has 6 heteroatoms. The van der Waals surface area contributed by atoms with Crippen LogP contribution in [0.3, 0.4) is 0 Å². The monoisotopic (exact) mass is 385 g/mol. The maximum atomic E-state index is 5.95. The number of halogens is 2. The van der Waals surface area contributed by atoms with Gasteiger partial charge in [-0.1, -0.05) is 39.7 Å². The normalized spacial score (nSPS) is 10.2. The molecule has 0 atom stereocenters. The lowest BCUT2D eigenvalue weighted by molar-refractivity contribution is 0.217. The number of benzene rings is 2. The van der Waals surface area contributed by atoms with Crippen LogP contribution in [0.15, 0.2) is 46.9 Å². The Morgan fingerprint density at radius 2 is 1.76 bits per heavy atom. The van der Waals surface area contributed by atoms with Gasteiger partial charge in [0.25, 0.3) is 0 Å². The van der Waals surface area contributed by atoms with Crippen molar-refractivity contribution in [2.24, 2.45) is 5.73 Å². The first-order valence-electron chi connectivity index (χ1n) is 6.17. The fraction of sp³-hybridized carbons (Fsp3) is 0.133. The largest absolute Gasteiger partial charge is 0.490 e. The molecule has 21 heavy (non-hydrogen) atoms. The second-order valence-corrected chi connectivity index (χ2v) is 5.95. The van der Waals surface area contributed by atoms with Gasteiger partial charge < -0.3 is 15.2 Å². The predicted molar refractivity (Wildman–Crippen MR) is 92.5 cm³/mol. The highest BCUT2D eigenvalue weighted by atomic mass is 79.9. The lowest BCUT2D eigenvalue weighted by atomic mass is 10.2.